The molecule has 3 rings (SSSR count). The number of nitrogens with one attached hydrogen (secondary N) is 1. The molecule has 12 nitrogen and oxygen atoms in total. The van der Waals surface area contributed by atoms with Crippen LogP contribution in [0.25, 0.3) is 10.4 Å². The third-order valence-electron chi connectivity index (χ3n) is 5.87. The molecule has 0 fully saturated rings. The van der Waals surface area contributed by atoms with E-state index in [0.29, 0.717) is 48.8 Å². The lowest BCUT2D eigenvalue weighted by Crippen LogP contribution is -2.36. The molecule has 1 atom stereocenters. The number of ether oxygens (including phenoxy) is 3. The number of nitrogens with zero attached hydrogens (tertiary/aromatic N) is 6. The van der Waals surface area contributed by atoms with Gasteiger partial charge in [0, 0.05) is 30.1 Å². The average Bonchev–Trinajstić information content (AvgIpc) is 3.29. The first-order valence-corrected chi connectivity index (χ1v) is 12.3. The van der Waals surface area contributed by atoms with Gasteiger partial charge in [-0.3, -0.25) is 9.48 Å². The van der Waals surface area contributed by atoms with Crippen molar-refractivity contribution in [3.05, 3.63) is 46.1 Å². The number of unbranched alkanes of at least 4 members (excludes halogenated alkanes) is 2. The van der Waals surface area contributed by atoms with Crippen LogP contribution in [0.15, 0.2) is 29.5 Å². The summed E-state index contributed by atoms with van der Waals surface area (Å²) in [5.74, 6) is 0.805. The Morgan fingerprint density at radius 1 is 1.19 bits per heavy atom. The predicted molar refractivity (Wildman–Crippen MR) is 138 cm³/mol. The Balaban J connectivity index is 1.67. The van der Waals surface area contributed by atoms with Gasteiger partial charge in [0.2, 0.25) is 0 Å². The minimum absolute atomic E-state index is 0.200. The van der Waals surface area contributed by atoms with E-state index in [1.807, 2.05) is 25.5 Å². The summed E-state index contributed by atoms with van der Waals surface area (Å²) in [5, 5.41) is 11.2. The standard InChI is InChI=1S/C25H35N7O5/c1-25(2,3)37-24(34)27-12-7-6-8-13-32-22-18(29-30-26)11-14-31(19(22)16-28-32)23(33)17-9-10-20(35-4)21(15-17)36-5/h9-10,15-16,18H,6-8,11-14H2,1-5H3,(H,27,34). The Hall–Kier alpha value is -3.92. The fourth-order valence-electron chi connectivity index (χ4n) is 4.20. The summed E-state index contributed by atoms with van der Waals surface area (Å²) in [6.45, 7) is 6.97. The number of carbonyl (C=O) groups is 2. The van der Waals surface area contributed by atoms with Crippen molar-refractivity contribution in [1.82, 2.24) is 15.1 Å². The SMILES string of the molecule is COc1ccc(C(=O)N2CCC(N=[N+]=[N-])c3c2cnn3CCCCCNC(=O)OC(C)(C)C)cc1OC. The molecule has 1 unspecified atom stereocenters. The highest BCUT2D eigenvalue weighted by Gasteiger charge is 2.33. The monoisotopic (exact) mass is 513 g/mol. The zero-order valence-electron chi connectivity index (χ0n) is 22.1. The highest BCUT2D eigenvalue weighted by molar-refractivity contribution is 6.07. The fraction of sp³-hybridized carbons (Fsp3) is 0.560. The topological polar surface area (TPSA) is 144 Å². The van der Waals surface area contributed by atoms with Gasteiger partial charge in [-0.05, 0) is 70.2 Å². The number of aryl methyl sites for hydroxylation is 1. The van der Waals surface area contributed by atoms with E-state index in [0.717, 1.165) is 25.0 Å². The van der Waals surface area contributed by atoms with E-state index < -0.39 is 17.7 Å². The molecule has 200 valence electrons. The second-order valence-corrected chi connectivity index (χ2v) is 9.66. The van der Waals surface area contributed by atoms with Crippen LogP contribution in [-0.4, -0.2) is 54.7 Å². The Bertz CT molecular complexity index is 1150. The average molecular weight is 514 g/mol. The summed E-state index contributed by atoms with van der Waals surface area (Å²) in [6.07, 6.45) is 4.15. The summed E-state index contributed by atoms with van der Waals surface area (Å²) >= 11 is 0. The zero-order chi connectivity index (χ0) is 27.0. The van der Waals surface area contributed by atoms with Crippen LogP contribution in [0.2, 0.25) is 0 Å². The summed E-state index contributed by atoms with van der Waals surface area (Å²) in [6, 6.07) is 4.63. The maximum Gasteiger partial charge on any atom is 0.407 e. The lowest BCUT2D eigenvalue weighted by atomic mass is 10.0. The first-order valence-electron chi connectivity index (χ1n) is 12.3. The third kappa shape index (κ3) is 7.07. The number of azide groups is 1. The number of anilines is 1. The van der Waals surface area contributed by atoms with Gasteiger partial charge in [0.15, 0.2) is 11.5 Å². The van der Waals surface area contributed by atoms with E-state index >= 15 is 0 Å². The minimum Gasteiger partial charge on any atom is -0.493 e. The van der Waals surface area contributed by atoms with Gasteiger partial charge in [0.25, 0.3) is 5.91 Å². The van der Waals surface area contributed by atoms with Gasteiger partial charge in [-0.25, -0.2) is 4.79 Å². The van der Waals surface area contributed by atoms with Gasteiger partial charge in [0.1, 0.15) is 5.60 Å². The zero-order valence-corrected chi connectivity index (χ0v) is 22.1. The van der Waals surface area contributed by atoms with Gasteiger partial charge < -0.3 is 24.4 Å². The first kappa shape index (κ1) is 27.7. The number of amides is 2. The lowest BCUT2D eigenvalue weighted by molar-refractivity contribution is 0.0526. The van der Waals surface area contributed by atoms with Crippen molar-refractivity contribution in [3.63, 3.8) is 0 Å². The number of rotatable bonds is 10. The van der Waals surface area contributed by atoms with Crippen LogP contribution in [0.3, 0.4) is 0 Å². The quantitative estimate of drug-likeness (QED) is 0.205. The molecule has 1 N–H and O–H groups in total. The second-order valence-electron chi connectivity index (χ2n) is 9.66. The smallest absolute Gasteiger partial charge is 0.407 e. The van der Waals surface area contributed by atoms with Crippen molar-refractivity contribution in [2.45, 2.75) is 64.6 Å². The van der Waals surface area contributed by atoms with Crippen LogP contribution < -0.4 is 19.7 Å². The number of alkyl carbamates (subject to hydrolysis) is 1. The van der Waals surface area contributed by atoms with E-state index in [1.54, 1.807) is 29.3 Å². The van der Waals surface area contributed by atoms with E-state index in [-0.39, 0.29) is 5.91 Å². The molecule has 0 spiro atoms. The Morgan fingerprint density at radius 3 is 2.62 bits per heavy atom. The first-order chi connectivity index (χ1) is 17.7. The van der Waals surface area contributed by atoms with Crippen LogP contribution in [-0.2, 0) is 11.3 Å². The molecule has 1 aromatic carbocycles. The molecule has 0 radical (unpaired) electrons. The van der Waals surface area contributed by atoms with Gasteiger partial charge in [-0.2, -0.15) is 5.10 Å². The largest absolute Gasteiger partial charge is 0.493 e. The van der Waals surface area contributed by atoms with Crippen LogP contribution in [0, 0.1) is 0 Å². The van der Waals surface area contributed by atoms with E-state index in [4.69, 9.17) is 19.7 Å². The normalized spacial score (nSPS) is 14.8. The maximum absolute atomic E-state index is 13.4. The molecule has 12 heteroatoms. The number of methoxy groups -OCH3 is 2. The molecule has 1 aliphatic rings. The maximum atomic E-state index is 13.4. The van der Waals surface area contributed by atoms with Crippen molar-refractivity contribution >= 4 is 17.7 Å². The lowest BCUT2D eigenvalue weighted by Gasteiger charge is -2.30. The molecule has 37 heavy (non-hydrogen) atoms. The molecule has 0 bridgehead atoms. The van der Waals surface area contributed by atoms with Crippen LogP contribution >= 0.6 is 0 Å². The van der Waals surface area contributed by atoms with Crippen molar-refractivity contribution in [2.24, 2.45) is 5.11 Å². The number of aromatic nitrogens is 2. The molecular formula is C25H35N7O5. The van der Waals surface area contributed by atoms with Crippen molar-refractivity contribution in [3.8, 4) is 11.5 Å². The van der Waals surface area contributed by atoms with Crippen LogP contribution in [0.1, 0.15) is 68.5 Å². The number of carbonyl (C=O) groups excluding carboxylic acids is 2. The van der Waals surface area contributed by atoms with Crippen molar-refractivity contribution < 1.29 is 23.8 Å². The molecule has 1 aromatic heterocycles. The minimum atomic E-state index is -0.527. The number of fused-ring (bicyclic) bond motifs is 1. The number of benzene rings is 1. The third-order valence-corrected chi connectivity index (χ3v) is 5.87. The highest BCUT2D eigenvalue weighted by atomic mass is 16.6. The second kappa shape index (κ2) is 12.4. The molecular weight excluding hydrogens is 478 g/mol. The van der Waals surface area contributed by atoms with Gasteiger partial charge >= 0.3 is 6.09 Å². The molecule has 0 aliphatic carbocycles. The van der Waals surface area contributed by atoms with Gasteiger partial charge in [-0.1, -0.05) is 5.11 Å². The summed E-state index contributed by atoms with van der Waals surface area (Å²) in [4.78, 5) is 29.9. The summed E-state index contributed by atoms with van der Waals surface area (Å²) in [5.41, 5.74) is 10.4. The molecule has 1 aliphatic heterocycles. The fourth-order valence-corrected chi connectivity index (χ4v) is 4.20. The Morgan fingerprint density at radius 2 is 1.95 bits per heavy atom. The summed E-state index contributed by atoms with van der Waals surface area (Å²) < 4.78 is 17.7. The highest BCUT2D eigenvalue weighted by Crippen LogP contribution is 2.38. The number of hydrogen-bond donors (Lipinski definition) is 1. The van der Waals surface area contributed by atoms with Crippen LogP contribution in [0.5, 0.6) is 11.5 Å². The summed E-state index contributed by atoms with van der Waals surface area (Å²) in [7, 11) is 3.06. The molecule has 2 aromatic rings. The van der Waals surface area contributed by atoms with E-state index in [9.17, 15) is 9.59 Å². The van der Waals surface area contributed by atoms with Crippen molar-refractivity contribution in [2.75, 3.05) is 32.2 Å². The van der Waals surface area contributed by atoms with Gasteiger partial charge in [-0.15, -0.1) is 0 Å². The Kier molecular flexibility index (Phi) is 9.24. The molecule has 2 heterocycles. The van der Waals surface area contributed by atoms with Gasteiger partial charge in [0.05, 0.1) is 37.8 Å². The molecule has 0 saturated carbocycles. The van der Waals surface area contributed by atoms with E-state index in [1.165, 1.54) is 14.2 Å². The number of hydrogen-bond acceptors (Lipinski definition) is 7. The molecule has 2 amide bonds. The molecule has 0 saturated heterocycles. The van der Waals surface area contributed by atoms with Crippen molar-refractivity contribution in [1.29, 1.82) is 0 Å². The Labute approximate surface area is 216 Å². The predicted octanol–water partition coefficient (Wildman–Crippen LogP) is 5.00. The van der Waals surface area contributed by atoms with E-state index in [2.05, 4.69) is 20.4 Å². The van der Waals surface area contributed by atoms with Crippen LogP contribution in [0.4, 0.5) is 10.5 Å².